The van der Waals surface area contributed by atoms with Crippen LogP contribution in [0.25, 0.3) is 0 Å². The largest absolute Gasteiger partial charge is 0.484 e. The van der Waals surface area contributed by atoms with Gasteiger partial charge >= 0.3 is 0 Å². The van der Waals surface area contributed by atoms with Crippen molar-refractivity contribution in [2.24, 2.45) is 0 Å². The van der Waals surface area contributed by atoms with Gasteiger partial charge in [0.05, 0.1) is 5.60 Å². The number of aliphatic hydroxyl groups is 1. The molecular formula is C15H21NO4. The van der Waals surface area contributed by atoms with Crippen molar-refractivity contribution in [3.8, 4) is 5.75 Å². The maximum atomic E-state index is 11.7. The number of amides is 1. The molecule has 1 heterocycles. The fraction of sp³-hybridized carbons (Fsp3) is 0.533. The van der Waals surface area contributed by atoms with Crippen LogP contribution in [-0.4, -0.2) is 43.0 Å². The molecule has 0 saturated carbocycles. The second-order valence-corrected chi connectivity index (χ2v) is 5.22. The number of benzene rings is 1. The lowest BCUT2D eigenvalue weighted by molar-refractivity contribution is -0.125. The number of hydrogen-bond acceptors (Lipinski definition) is 4. The Morgan fingerprint density at radius 2 is 2.00 bits per heavy atom. The molecular weight excluding hydrogens is 258 g/mol. The van der Waals surface area contributed by atoms with Crippen LogP contribution in [0.2, 0.25) is 0 Å². The number of nitrogens with one attached hydrogen (secondary N) is 1. The molecule has 0 radical (unpaired) electrons. The van der Waals surface area contributed by atoms with E-state index < -0.39 is 5.60 Å². The van der Waals surface area contributed by atoms with Crippen LogP contribution < -0.4 is 10.1 Å². The normalized spacial score (nSPS) is 17.5. The van der Waals surface area contributed by atoms with Crippen molar-refractivity contribution in [1.29, 1.82) is 0 Å². The lowest BCUT2D eigenvalue weighted by atomic mass is 9.94. The molecule has 1 fully saturated rings. The van der Waals surface area contributed by atoms with Crippen molar-refractivity contribution >= 4 is 5.91 Å². The molecule has 110 valence electrons. The van der Waals surface area contributed by atoms with Crippen LogP contribution in [0.1, 0.15) is 18.4 Å². The first-order chi connectivity index (χ1) is 9.57. The number of aryl methyl sites for hydroxylation is 1. The molecule has 1 amide bonds. The first-order valence-corrected chi connectivity index (χ1v) is 6.84. The Balaban J connectivity index is 1.71. The third-order valence-electron chi connectivity index (χ3n) is 3.43. The number of ether oxygens (including phenoxy) is 2. The fourth-order valence-electron chi connectivity index (χ4n) is 2.03. The van der Waals surface area contributed by atoms with Crippen molar-refractivity contribution in [2.45, 2.75) is 25.4 Å². The van der Waals surface area contributed by atoms with E-state index in [1.807, 2.05) is 31.2 Å². The van der Waals surface area contributed by atoms with Crippen LogP contribution in [0, 0.1) is 6.92 Å². The van der Waals surface area contributed by atoms with Crippen molar-refractivity contribution in [2.75, 3.05) is 26.4 Å². The Morgan fingerprint density at radius 1 is 1.35 bits per heavy atom. The summed E-state index contributed by atoms with van der Waals surface area (Å²) in [4.78, 5) is 11.7. The minimum absolute atomic E-state index is 0.0460. The molecule has 2 N–H and O–H groups in total. The lowest BCUT2D eigenvalue weighted by Crippen LogP contribution is -2.47. The van der Waals surface area contributed by atoms with E-state index in [0.29, 0.717) is 31.8 Å². The maximum absolute atomic E-state index is 11.7. The Morgan fingerprint density at radius 3 is 2.65 bits per heavy atom. The van der Waals surface area contributed by atoms with E-state index in [1.165, 1.54) is 0 Å². The summed E-state index contributed by atoms with van der Waals surface area (Å²) in [7, 11) is 0. The summed E-state index contributed by atoms with van der Waals surface area (Å²) in [6.07, 6.45) is 1.10. The van der Waals surface area contributed by atoms with Gasteiger partial charge in [0.1, 0.15) is 5.75 Å². The minimum atomic E-state index is -0.849. The van der Waals surface area contributed by atoms with Gasteiger partial charge in [-0.25, -0.2) is 0 Å². The molecule has 2 rings (SSSR count). The number of carbonyl (C=O) groups is 1. The Bertz CT molecular complexity index is 438. The summed E-state index contributed by atoms with van der Waals surface area (Å²) in [6, 6.07) is 7.51. The van der Waals surface area contributed by atoms with Gasteiger partial charge in [-0.3, -0.25) is 4.79 Å². The third kappa shape index (κ3) is 4.51. The van der Waals surface area contributed by atoms with Crippen molar-refractivity contribution in [3.63, 3.8) is 0 Å². The van der Waals surface area contributed by atoms with Gasteiger partial charge in [-0.2, -0.15) is 0 Å². The van der Waals surface area contributed by atoms with Gasteiger partial charge in [-0.05, 0) is 19.1 Å². The van der Waals surface area contributed by atoms with Crippen LogP contribution in [-0.2, 0) is 9.53 Å². The van der Waals surface area contributed by atoms with E-state index in [2.05, 4.69) is 5.32 Å². The third-order valence-corrected chi connectivity index (χ3v) is 3.43. The first kappa shape index (κ1) is 14.8. The Labute approximate surface area is 118 Å². The molecule has 1 saturated heterocycles. The van der Waals surface area contributed by atoms with Crippen molar-refractivity contribution in [3.05, 3.63) is 29.8 Å². The molecule has 0 spiro atoms. The monoisotopic (exact) mass is 279 g/mol. The minimum Gasteiger partial charge on any atom is -0.484 e. The maximum Gasteiger partial charge on any atom is 0.258 e. The topological polar surface area (TPSA) is 67.8 Å². The van der Waals surface area contributed by atoms with Gasteiger partial charge < -0.3 is 19.9 Å². The highest BCUT2D eigenvalue weighted by Gasteiger charge is 2.30. The zero-order valence-electron chi connectivity index (χ0n) is 11.7. The van der Waals surface area contributed by atoms with Crippen molar-refractivity contribution < 1.29 is 19.4 Å². The summed E-state index contributed by atoms with van der Waals surface area (Å²) in [6.45, 7) is 3.26. The smallest absolute Gasteiger partial charge is 0.258 e. The molecule has 20 heavy (non-hydrogen) atoms. The van der Waals surface area contributed by atoms with Crippen LogP contribution in [0.3, 0.4) is 0 Å². The highest BCUT2D eigenvalue weighted by atomic mass is 16.5. The Kier molecular flexibility index (Phi) is 4.98. The molecule has 0 bridgehead atoms. The van der Waals surface area contributed by atoms with Gasteiger partial charge in [-0.15, -0.1) is 0 Å². The van der Waals surface area contributed by atoms with Gasteiger partial charge in [0.2, 0.25) is 0 Å². The highest BCUT2D eigenvalue weighted by Crippen LogP contribution is 2.19. The summed E-state index contributed by atoms with van der Waals surface area (Å²) >= 11 is 0. The van der Waals surface area contributed by atoms with E-state index in [1.54, 1.807) is 0 Å². The molecule has 1 aliphatic rings. The van der Waals surface area contributed by atoms with E-state index in [4.69, 9.17) is 9.47 Å². The molecule has 1 aromatic carbocycles. The Hall–Kier alpha value is -1.59. The van der Waals surface area contributed by atoms with Gasteiger partial charge in [-0.1, -0.05) is 17.7 Å². The predicted octanol–water partition coefficient (Wildman–Crippen LogP) is 1.03. The summed E-state index contributed by atoms with van der Waals surface area (Å²) < 4.78 is 10.6. The van der Waals surface area contributed by atoms with E-state index >= 15 is 0 Å². The molecule has 0 aliphatic carbocycles. The standard InChI is InChI=1S/C15H21NO4/c1-12-2-4-13(5-3-12)20-10-14(17)16-11-15(18)6-8-19-9-7-15/h2-5,18H,6-11H2,1H3,(H,16,17). The van der Waals surface area contributed by atoms with Crippen LogP contribution in [0.4, 0.5) is 0 Å². The van der Waals surface area contributed by atoms with Gasteiger partial charge in [0.15, 0.2) is 6.61 Å². The predicted molar refractivity (Wildman–Crippen MR) is 74.7 cm³/mol. The highest BCUT2D eigenvalue weighted by molar-refractivity contribution is 5.77. The molecule has 0 unspecified atom stereocenters. The second-order valence-electron chi connectivity index (χ2n) is 5.22. The SMILES string of the molecule is Cc1ccc(OCC(=O)NCC2(O)CCOCC2)cc1. The fourth-order valence-corrected chi connectivity index (χ4v) is 2.03. The average Bonchev–Trinajstić information content (AvgIpc) is 2.45. The summed E-state index contributed by atoms with van der Waals surface area (Å²) in [5.41, 5.74) is 0.293. The van der Waals surface area contributed by atoms with E-state index in [0.717, 1.165) is 5.56 Å². The molecule has 5 heteroatoms. The van der Waals surface area contributed by atoms with E-state index in [9.17, 15) is 9.90 Å². The molecule has 5 nitrogen and oxygen atoms in total. The number of hydrogen-bond donors (Lipinski definition) is 2. The molecule has 1 aromatic rings. The second kappa shape index (κ2) is 6.72. The van der Waals surface area contributed by atoms with Gasteiger partial charge in [0.25, 0.3) is 5.91 Å². The number of carbonyl (C=O) groups excluding carboxylic acids is 1. The molecule has 1 aliphatic heterocycles. The molecule has 0 atom stereocenters. The lowest BCUT2D eigenvalue weighted by Gasteiger charge is -2.32. The van der Waals surface area contributed by atoms with E-state index in [-0.39, 0.29) is 19.1 Å². The zero-order chi connectivity index (χ0) is 14.4. The number of rotatable bonds is 5. The van der Waals surface area contributed by atoms with Gasteiger partial charge in [0, 0.05) is 32.6 Å². The zero-order valence-corrected chi connectivity index (χ0v) is 11.7. The van der Waals surface area contributed by atoms with Crippen LogP contribution in [0.15, 0.2) is 24.3 Å². The van der Waals surface area contributed by atoms with Crippen LogP contribution in [0.5, 0.6) is 5.75 Å². The van der Waals surface area contributed by atoms with Crippen molar-refractivity contribution in [1.82, 2.24) is 5.32 Å². The summed E-state index contributed by atoms with van der Waals surface area (Å²) in [5.74, 6) is 0.431. The molecule has 0 aromatic heterocycles. The average molecular weight is 279 g/mol. The van der Waals surface area contributed by atoms with Crippen LogP contribution >= 0.6 is 0 Å². The summed E-state index contributed by atoms with van der Waals surface area (Å²) in [5, 5.41) is 12.9. The quantitative estimate of drug-likeness (QED) is 0.845. The first-order valence-electron chi connectivity index (χ1n) is 6.84.